The van der Waals surface area contributed by atoms with E-state index in [0.29, 0.717) is 0 Å². The van der Waals surface area contributed by atoms with Crippen LogP contribution in [-0.4, -0.2) is 19.0 Å². The molecule has 0 bridgehead atoms. The molecule has 2 aliphatic rings. The quantitative estimate of drug-likeness (QED) is 0.775. The summed E-state index contributed by atoms with van der Waals surface area (Å²) >= 11 is 0. The Kier molecular flexibility index (Phi) is 5.45. The van der Waals surface area contributed by atoms with E-state index in [0.717, 1.165) is 45.3 Å². The number of ether oxygens (including phenoxy) is 2. The van der Waals surface area contributed by atoms with Crippen molar-refractivity contribution < 1.29 is 9.47 Å². The highest BCUT2D eigenvalue weighted by Crippen LogP contribution is 2.46. The third kappa shape index (κ3) is 3.49. The lowest BCUT2D eigenvalue weighted by Crippen LogP contribution is -2.40. The fourth-order valence-electron chi connectivity index (χ4n) is 3.42. The van der Waals surface area contributed by atoms with Gasteiger partial charge >= 0.3 is 0 Å². The van der Waals surface area contributed by atoms with Crippen LogP contribution in [0.1, 0.15) is 64.5 Å². The molecule has 1 spiro atoms. The van der Waals surface area contributed by atoms with Gasteiger partial charge in [-0.2, -0.15) is 0 Å². The Labute approximate surface area is 129 Å². The molecule has 21 heavy (non-hydrogen) atoms. The summed E-state index contributed by atoms with van der Waals surface area (Å²) in [5.74, 6) is -0.248. The van der Waals surface area contributed by atoms with Crippen LogP contribution in [0.3, 0.4) is 0 Å². The summed E-state index contributed by atoms with van der Waals surface area (Å²) in [4.78, 5) is 0. The maximum atomic E-state index is 5.83. The Morgan fingerprint density at radius 3 is 2.19 bits per heavy atom. The van der Waals surface area contributed by atoms with Gasteiger partial charge in [-0.25, -0.2) is 0 Å². The molecule has 2 fully saturated rings. The highest BCUT2D eigenvalue weighted by molar-refractivity contribution is 5.30. The van der Waals surface area contributed by atoms with Crippen LogP contribution in [0.25, 0.3) is 0 Å². The summed E-state index contributed by atoms with van der Waals surface area (Å²) in [5.41, 5.74) is 3.21. The fraction of sp³-hybridized carbons (Fsp3) is 0.684. The lowest BCUT2D eigenvalue weighted by molar-refractivity contribution is -0.184. The number of hydrogen-bond acceptors (Lipinski definition) is 2. The van der Waals surface area contributed by atoms with Gasteiger partial charge in [-0.3, -0.25) is 0 Å². The molecule has 0 aromatic heterocycles. The second kappa shape index (κ2) is 6.93. The van der Waals surface area contributed by atoms with Crippen molar-refractivity contribution in [3.63, 3.8) is 0 Å². The maximum absolute atomic E-state index is 5.83. The molecule has 0 radical (unpaired) electrons. The molecule has 0 amide bonds. The van der Waals surface area contributed by atoms with E-state index >= 15 is 0 Å². The number of benzene rings is 1. The molecular formula is C19H30O2. The summed E-state index contributed by atoms with van der Waals surface area (Å²) in [6, 6.07) is 9.09. The van der Waals surface area contributed by atoms with Gasteiger partial charge in [-0.05, 0) is 35.8 Å². The minimum Gasteiger partial charge on any atom is -0.348 e. The summed E-state index contributed by atoms with van der Waals surface area (Å²) < 4.78 is 11.7. The van der Waals surface area contributed by atoms with Crippen molar-refractivity contribution in [2.45, 2.75) is 71.0 Å². The molecule has 118 valence electrons. The van der Waals surface area contributed by atoms with Gasteiger partial charge in [0, 0.05) is 12.8 Å². The second-order valence-corrected chi connectivity index (χ2v) is 6.22. The van der Waals surface area contributed by atoms with Crippen LogP contribution in [0.15, 0.2) is 24.3 Å². The Morgan fingerprint density at radius 2 is 1.62 bits per heavy atom. The lowest BCUT2D eigenvalue weighted by Gasteiger charge is -2.42. The average Bonchev–Trinajstić information content (AvgIpc) is 3.01. The van der Waals surface area contributed by atoms with Crippen LogP contribution in [0.5, 0.6) is 0 Å². The van der Waals surface area contributed by atoms with Crippen molar-refractivity contribution in [2.75, 3.05) is 13.2 Å². The minimum absolute atomic E-state index is 0.248. The molecule has 1 heterocycles. The molecule has 0 atom stereocenters. The predicted octanol–water partition coefficient (Wildman–Crippen LogP) is 4.85. The largest absolute Gasteiger partial charge is 0.348 e. The second-order valence-electron chi connectivity index (χ2n) is 6.22. The van der Waals surface area contributed by atoms with E-state index < -0.39 is 0 Å². The third-order valence-electron chi connectivity index (χ3n) is 4.96. The van der Waals surface area contributed by atoms with Crippen LogP contribution in [0.4, 0.5) is 0 Å². The Morgan fingerprint density at radius 1 is 1.00 bits per heavy atom. The first-order valence-electron chi connectivity index (χ1n) is 8.53. The Bertz CT molecular complexity index is 437. The normalized spacial score (nSPS) is 22.7. The third-order valence-corrected chi connectivity index (χ3v) is 4.96. The predicted molar refractivity (Wildman–Crippen MR) is 87.6 cm³/mol. The van der Waals surface area contributed by atoms with Crippen LogP contribution in [-0.2, 0) is 21.3 Å². The average molecular weight is 290 g/mol. The molecular weight excluding hydrogens is 260 g/mol. The van der Waals surface area contributed by atoms with Gasteiger partial charge < -0.3 is 9.47 Å². The Balaban J connectivity index is 0.000000774. The van der Waals surface area contributed by atoms with E-state index in [2.05, 4.69) is 38.1 Å². The van der Waals surface area contributed by atoms with Crippen molar-refractivity contribution in [3.8, 4) is 0 Å². The molecule has 1 aromatic carbocycles. The van der Waals surface area contributed by atoms with Crippen molar-refractivity contribution in [1.82, 2.24) is 0 Å². The van der Waals surface area contributed by atoms with E-state index in [9.17, 15) is 0 Å². The SMILES string of the molecule is CC.CCc1cccc(C2(C)CCC3(CC2)OCCO3)c1. The van der Waals surface area contributed by atoms with Crippen LogP contribution < -0.4 is 0 Å². The first-order valence-corrected chi connectivity index (χ1v) is 8.53. The van der Waals surface area contributed by atoms with Gasteiger partial charge in [0.2, 0.25) is 0 Å². The molecule has 1 saturated carbocycles. The van der Waals surface area contributed by atoms with E-state index in [1.54, 1.807) is 0 Å². The molecule has 1 saturated heterocycles. The standard InChI is InChI=1S/C17H24O2.C2H6/c1-3-14-5-4-6-15(13-14)16(2)7-9-17(10-8-16)18-11-12-19-17;1-2/h4-6,13H,3,7-12H2,1-2H3;1-2H3. The van der Waals surface area contributed by atoms with Crippen molar-refractivity contribution >= 4 is 0 Å². The number of rotatable bonds is 2. The topological polar surface area (TPSA) is 18.5 Å². The first-order chi connectivity index (χ1) is 10.2. The first kappa shape index (κ1) is 16.5. The van der Waals surface area contributed by atoms with Gasteiger partial charge in [0.15, 0.2) is 5.79 Å². The number of aryl methyl sites for hydroxylation is 1. The molecule has 0 unspecified atom stereocenters. The highest BCUT2D eigenvalue weighted by Gasteiger charge is 2.44. The van der Waals surface area contributed by atoms with E-state index in [1.165, 1.54) is 11.1 Å². The molecule has 1 aliphatic heterocycles. The van der Waals surface area contributed by atoms with Gasteiger partial charge in [0.25, 0.3) is 0 Å². The molecule has 1 aromatic rings. The van der Waals surface area contributed by atoms with Gasteiger partial charge in [0.05, 0.1) is 13.2 Å². The Hall–Kier alpha value is -0.860. The molecule has 2 nitrogen and oxygen atoms in total. The molecule has 0 N–H and O–H groups in total. The maximum Gasteiger partial charge on any atom is 0.168 e. The van der Waals surface area contributed by atoms with Crippen LogP contribution in [0, 0.1) is 0 Å². The zero-order chi connectivity index (χ0) is 15.3. The van der Waals surface area contributed by atoms with Crippen molar-refractivity contribution in [1.29, 1.82) is 0 Å². The molecule has 1 aliphatic carbocycles. The van der Waals surface area contributed by atoms with Gasteiger partial charge in [-0.15, -0.1) is 0 Å². The smallest absolute Gasteiger partial charge is 0.168 e. The van der Waals surface area contributed by atoms with Crippen LogP contribution >= 0.6 is 0 Å². The number of hydrogen-bond donors (Lipinski definition) is 0. The zero-order valence-corrected chi connectivity index (χ0v) is 14.1. The summed E-state index contributed by atoms with van der Waals surface area (Å²) in [7, 11) is 0. The summed E-state index contributed by atoms with van der Waals surface area (Å²) in [6.07, 6.45) is 5.47. The van der Waals surface area contributed by atoms with Gasteiger partial charge in [0.1, 0.15) is 0 Å². The van der Waals surface area contributed by atoms with Gasteiger partial charge in [-0.1, -0.05) is 52.0 Å². The van der Waals surface area contributed by atoms with E-state index in [4.69, 9.17) is 9.47 Å². The zero-order valence-electron chi connectivity index (χ0n) is 14.1. The highest BCUT2D eigenvalue weighted by atomic mass is 16.7. The minimum atomic E-state index is -0.248. The van der Waals surface area contributed by atoms with E-state index in [1.807, 2.05) is 13.8 Å². The van der Waals surface area contributed by atoms with Crippen molar-refractivity contribution in [2.24, 2.45) is 0 Å². The lowest BCUT2D eigenvalue weighted by atomic mass is 9.69. The summed E-state index contributed by atoms with van der Waals surface area (Å²) in [5, 5.41) is 0. The molecule has 2 heteroatoms. The van der Waals surface area contributed by atoms with Crippen LogP contribution in [0.2, 0.25) is 0 Å². The van der Waals surface area contributed by atoms with E-state index in [-0.39, 0.29) is 11.2 Å². The summed E-state index contributed by atoms with van der Waals surface area (Å²) in [6.45, 7) is 10.1. The molecule has 3 rings (SSSR count). The fourth-order valence-corrected chi connectivity index (χ4v) is 3.42. The monoisotopic (exact) mass is 290 g/mol. The van der Waals surface area contributed by atoms with Crippen molar-refractivity contribution in [3.05, 3.63) is 35.4 Å².